The fourth-order valence-electron chi connectivity index (χ4n) is 1.38. The molecule has 0 spiro atoms. The lowest BCUT2D eigenvalue weighted by atomic mass is 10.2. The molecule has 0 N–H and O–H groups in total. The molecule has 3 heteroatoms. The number of carbonyl (C=O) groups excluding carboxylic acids is 1. The highest BCUT2D eigenvalue weighted by Crippen LogP contribution is 2.02. The lowest BCUT2D eigenvalue weighted by Gasteiger charge is -2.06. The molecule has 20 heavy (non-hydrogen) atoms. The van der Waals surface area contributed by atoms with E-state index in [1.165, 1.54) is 0 Å². The molecular weight excluding hydrogens is 252 g/mol. The first kappa shape index (κ1) is 15.9. The molecule has 0 aliphatic heterocycles. The van der Waals surface area contributed by atoms with E-state index in [-0.39, 0.29) is 13.2 Å². The van der Waals surface area contributed by atoms with E-state index in [9.17, 15) is 4.79 Å². The first-order valence-electron chi connectivity index (χ1n) is 6.38. The number of hydrogen-bond donors (Lipinski definition) is 0. The minimum atomic E-state index is -0.440. The van der Waals surface area contributed by atoms with Crippen molar-refractivity contribution < 1.29 is 14.3 Å². The van der Waals surface area contributed by atoms with Crippen LogP contribution in [0.25, 0.3) is 6.08 Å². The number of carbonyl (C=O) groups is 1. The molecule has 3 nitrogen and oxygen atoms in total. The predicted octanol–water partition coefficient (Wildman–Crippen LogP) is 3.39. The van der Waals surface area contributed by atoms with Crippen LogP contribution in [0.5, 0.6) is 0 Å². The highest BCUT2D eigenvalue weighted by molar-refractivity contribution is 5.88. The molecule has 0 aromatic heterocycles. The Morgan fingerprint density at radius 3 is 2.55 bits per heavy atom. The number of ether oxygens (including phenoxy) is 2. The molecule has 0 unspecified atom stereocenters. The van der Waals surface area contributed by atoms with Gasteiger partial charge in [0.15, 0.2) is 0 Å². The average molecular weight is 272 g/mol. The van der Waals surface area contributed by atoms with Crippen molar-refractivity contribution >= 4 is 12.0 Å². The topological polar surface area (TPSA) is 35.5 Å². The highest BCUT2D eigenvalue weighted by Gasteiger charge is 2.07. The largest absolute Gasteiger partial charge is 0.458 e. The molecule has 106 valence electrons. The summed E-state index contributed by atoms with van der Waals surface area (Å²) < 4.78 is 10.3. The van der Waals surface area contributed by atoms with E-state index in [1.54, 1.807) is 6.08 Å². The van der Waals surface area contributed by atoms with E-state index in [4.69, 9.17) is 9.47 Å². The van der Waals surface area contributed by atoms with E-state index >= 15 is 0 Å². The molecule has 0 aliphatic rings. The van der Waals surface area contributed by atoms with E-state index in [2.05, 4.69) is 13.2 Å². The zero-order valence-corrected chi connectivity index (χ0v) is 11.8. The molecule has 0 radical (unpaired) electrons. The summed E-state index contributed by atoms with van der Waals surface area (Å²) in [6.45, 7) is 9.99. The van der Waals surface area contributed by atoms with Crippen LogP contribution in [0.15, 0.2) is 60.7 Å². The molecule has 0 aliphatic carbocycles. The van der Waals surface area contributed by atoms with Crippen molar-refractivity contribution in [2.24, 2.45) is 0 Å². The van der Waals surface area contributed by atoms with Crippen LogP contribution in [0.4, 0.5) is 0 Å². The third kappa shape index (κ3) is 6.71. The Balaban J connectivity index is 2.24. The molecule has 0 saturated carbocycles. The van der Waals surface area contributed by atoms with Gasteiger partial charge in [-0.15, -0.1) is 0 Å². The van der Waals surface area contributed by atoms with Gasteiger partial charge in [-0.25, -0.2) is 4.79 Å². The van der Waals surface area contributed by atoms with Gasteiger partial charge in [0.2, 0.25) is 0 Å². The third-order valence-corrected chi connectivity index (χ3v) is 2.33. The maximum absolute atomic E-state index is 11.6. The predicted molar refractivity (Wildman–Crippen MR) is 81.2 cm³/mol. The summed E-state index contributed by atoms with van der Waals surface area (Å²) in [5.74, 6) is -0.440. The Morgan fingerprint density at radius 2 is 1.90 bits per heavy atom. The van der Waals surface area contributed by atoms with Crippen LogP contribution in [0.2, 0.25) is 0 Å². The van der Waals surface area contributed by atoms with E-state index in [0.717, 1.165) is 11.1 Å². The van der Waals surface area contributed by atoms with Crippen LogP contribution < -0.4 is 0 Å². The van der Waals surface area contributed by atoms with Gasteiger partial charge in [-0.2, -0.15) is 0 Å². The fourth-order valence-corrected chi connectivity index (χ4v) is 1.38. The molecule has 0 amide bonds. The summed E-state index contributed by atoms with van der Waals surface area (Å²) >= 11 is 0. The molecule has 0 heterocycles. The summed E-state index contributed by atoms with van der Waals surface area (Å²) in [7, 11) is 0. The van der Waals surface area contributed by atoms with Crippen molar-refractivity contribution in [3.8, 4) is 0 Å². The highest BCUT2D eigenvalue weighted by atomic mass is 16.5. The van der Waals surface area contributed by atoms with Crippen LogP contribution in [0.1, 0.15) is 12.5 Å². The molecule has 0 saturated heterocycles. The van der Waals surface area contributed by atoms with E-state index in [0.29, 0.717) is 12.2 Å². The zero-order chi connectivity index (χ0) is 14.8. The minimum absolute atomic E-state index is 0.161. The monoisotopic (exact) mass is 272 g/mol. The van der Waals surface area contributed by atoms with Crippen LogP contribution in [0, 0.1) is 0 Å². The maximum atomic E-state index is 11.6. The Morgan fingerprint density at radius 1 is 1.20 bits per heavy atom. The second kappa shape index (κ2) is 8.88. The number of rotatable bonds is 8. The van der Waals surface area contributed by atoms with Crippen molar-refractivity contribution in [1.82, 2.24) is 0 Å². The Kier molecular flexibility index (Phi) is 7.07. The SMILES string of the molecule is C=C(C)COCC(=C)C(=O)OCC=Cc1ccccc1. The third-order valence-electron chi connectivity index (χ3n) is 2.33. The van der Waals surface area contributed by atoms with E-state index < -0.39 is 5.97 Å². The zero-order valence-electron chi connectivity index (χ0n) is 11.8. The van der Waals surface area contributed by atoms with Gasteiger partial charge in [0.25, 0.3) is 0 Å². The van der Waals surface area contributed by atoms with Crippen LogP contribution in [-0.4, -0.2) is 25.8 Å². The second-order valence-corrected chi connectivity index (χ2v) is 4.46. The Labute approximate surface area is 120 Å². The van der Waals surface area contributed by atoms with Gasteiger partial charge in [-0.05, 0) is 18.6 Å². The lowest BCUT2D eigenvalue weighted by molar-refractivity contribution is -0.138. The van der Waals surface area contributed by atoms with Crippen molar-refractivity contribution in [2.45, 2.75) is 6.92 Å². The molecule has 1 aromatic carbocycles. The first-order chi connectivity index (χ1) is 9.59. The van der Waals surface area contributed by atoms with Crippen molar-refractivity contribution in [2.75, 3.05) is 19.8 Å². The number of benzene rings is 1. The molecular formula is C17H20O3. The second-order valence-electron chi connectivity index (χ2n) is 4.46. The molecule has 1 rings (SSSR count). The first-order valence-corrected chi connectivity index (χ1v) is 6.38. The van der Waals surface area contributed by atoms with Gasteiger partial charge in [0.05, 0.1) is 18.8 Å². The quantitative estimate of drug-likeness (QED) is 0.413. The molecule has 0 fully saturated rings. The van der Waals surface area contributed by atoms with Gasteiger partial charge in [0, 0.05) is 0 Å². The Bertz CT molecular complexity index is 486. The minimum Gasteiger partial charge on any atom is -0.458 e. The molecule has 0 atom stereocenters. The summed E-state index contributed by atoms with van der Waals surface area (Å²) in [5, 5.41) is 0. The van der Waals surface area contributed by atoms with Crippen LogP contribution in [0.3, 0.4) is 0 Å². The van der Waals surface area contributed by atoms with Gasteiger partial charge >= 0.3 is 5.97 Å². The van der Waals surface area contributed by atoms with Crippen molar-refractivity contribution in [1.29, 1.82) is 0 Å². The van der Waals surface area contributed by atoms with Crippen molar-refractivity contribution in [3.63, 3.8) is 0 Å². The van der Waals surface area contributed by atoms with Crippen molar-refractivity contribution in [3.05, 3.63) is 66.3 Å². The van der Waals surface area contributed by atoms with Gasteiger partial charge in [0.1, 0.15) is 6.61 Å². The summed E-state index contributed by atoms with van der Waals surface area (Å²) in [6, 6.07) is 9.80. The van der Waals surface area contributed by atoms with Gasteiger partial charge in [-0.3, -0.25) is 0 Å². The summed E-state index contributed by atoms with van der Waals surface area (Å²) in [6.07, 6.45) is 3.68. The normalized spacial score (nSPS) is 10.4. The van der Waals surface area contributed by atoms with Crippen LogP contribution >= 0.6 is 0 Å². The summed E-state index contributed by atoms with van der Waals surface area (Å²) in [5.41, 5.74) is 2.27. The van der Waals surface area contributed by atoms with Gasteiger partial charge < -0.3 is 9.47 Å². The Hall–Kier alpha value is -2.13. The summed E-state index contributed by atoms with van der Waals surface area (Å²) in [4.78, 5) is 11.6. The number of esters is 1. The fraction of sp³-hybridized carbons (Fsp3) is 0.235. The molecule has 0 bridgehead atoms. The van der Waals surface area contributed by atoms with Crippen LogP contribution in [-0.2, 0) is 14.3 Å². The van der Waals surface area contributed by atoms with E-state index in [1.807, 2.05) is 43.3 Å². The van der Waals surface area contributed by atoms with Gasteiger partial charge in [-0.1, -0.05) is 55.1 Å². The maximum Gasteiger partial charge on any atom is 0.336 e. The standard InChI is InChI=1S/C17H20O3/c1-14(2)12-19-13-15(3)17(18)20-11-7-10-16-8-5-4-6-9-16/h4-10H,1,3,11-13H2,2H3. The molecule has 1 aromatic rings. The smallest absolute Gasteiger partial charge is 0.336 e. The average Bonchev–Trinajstić information content (AvgIpc) is 2.44. The number of hydrogen-bond acceptors (Lipinski definition) is 3. The lowest BCUT2D eigenvalue weighted by Crippen LogP contribution is -2.12.